The van der Waals surface area contributed by atoms with Gasteiger partial charge in [0.1, 0.15) is 5.75 Å². The molecule has 144 valence electrons. The van der Waals surface area contributed by atoms with E-state index >= 15 is 0 Å². The molecule has 1 aliphatic rings. The number of hydrogen-bond donors (Lipinski definition) is 2. The van der Waals surface area contributed by atoms with Gasteiger partial charge in [0.15, 0.2) is 0 Å². The molecule has 5 nitrogen and oxygen atoms in total. The minimum Gasteiger partial charge on any atom is -0.507 e. The lowest BCUT2D eigenvalue weighted by Crippen LogP contribution is -2.43. The number of fused-ring (bicyclic) bond motifs is 1. The zero-order valence-electron chi connectivity index (χ0n) is 15.7. The summed E-state index contributed by atoms with van der Waals surface area (Å²) in [4.78, 5) is 15.1. The van der Waals surface area contributed by atoms with Crippen molar-refractivity contribution in [2.24, 2.45) is 0 Å². The van der Waals surface area contributed by atoms with Gasteiger partial charge in [-0.05, 0) is 28.5 Å². The fourth-order valence-electron chi connectivity index (χ4n) is 3.72. The van der Waals surface area contributed by atoms with Crippen molar-refractivity contribution in [3.05, 3.63) is 77.9 Å². The first-order chi connectivity index (χ1) is 13.7. The molecule has 1 saturated heterocycles. The molecule has 0 spiro atoms. The number of carbonyl (C=O) groups excluding carboxylic acids is 1. The van der Waals surface area contributed by atoms with E-state index in [-0.39, 0.29) is 17.7 Å². The molecular formula is C23H24N2O3. The van der Waals surface area contributed by atoms with Crippen molar-refractivity contribution in [2.75, 3.05) is 32.8 Å². The van der Waals surface area contributed by atoms with Crippen molar-refractivity contribution in [3.8, 4) is 5.75 Å². The molecule has 3 aromatic carbocycles. The zero-order chi connectivity index (χ0) is 19.3. The van der Waals surface area contributed by atoms with E-state index in [0.717, 1.165) is 29.4 Å². The van der Waals surface area contributed by atoms with Crippen LogP contribution in [0.3, 0.4) is 0 Å². The summed E-state index contributed by atoms with van der Waals surface area (Å²) in [6.45, 7) is 3.52. The Kier molecular flexibility index (Phi) is 5.55. The molecule has 5 heteroatoms. The summed E-state index contributed by atoms with van der Waals surface area (Å²) in [6.07, 6.45) is 0. The van der Waals surface area contributed by atoms with E-state index < -0.39 is 0 Å². The van der Waals surface area contributed by atoms with Crippen LogP contribution in [0.25, 0.3) is 10.8 Å². The summed E-state index contributed by atoms with van der Waals surface area (Å²) in [7, 11) is 0. The first-order valence-corrected chi connectivity index (χ1v) is 9.59. The van der Waals surface area contributed by atoms with E-state index in [2.05, 4.69) is 22.3 Å². The van der Waals surface area contributed by atoms with Crippen LogP contribution < -0.4 is 5.32 Å². The highest BCUT2D eigenvalue weighted by molar-refractivity contribution is 6.01. The van der Waals surface area contributed by atoms with Gasteiger partial charge >= 0.3 is 0 Å². The minimum absolute atomic E-state index is 0.00108. The second-order valence-electron chi connectivity index (χ2n) is 7.00. The molecule has 3 aromatic rings. The van der Waals surface area contributed by atoms with E-state index in [1.807, 2.05) is 42.5 Å². The largest absolute Gasteiger partial charge is 0.507 e. The molecule has 0 aliphatic carbocycles. The Morgan fingerprint density at radius 1 is 1.00 bits per heavy atom. The number of amides is 1. The lowest BCUT2D eigenvalue weighted by molar-refractivity contribution is 0.0162. The van der Waals surface area contributed by atoms with Gasteiger partial charge in [0.05, 0.1) is 24.8 Å². The van der Waals surface area contributed by atoms with Crippen LogP contribution in [0.5, 0.6) is 5.75 Å². The third-order valence-corrected chi connectivity index (χ3v) is 5.24. The van der Waals surface area contributed by atoms with Crippen LogP contribution in [0, 0.1) is 0 Å². The molecule has 28 heavy (non-hydrogen) atoms. The highest BCUT2D eigenvalue weighted by atomic mass is 16.5. The smallest absolute Gasteiger partial charge is 0.255 e. The maximum Gasteiger partial charge on any atom is 0.255 e. The number of nitrogens with one attached hydrogen (secondary N) is 1. The van der Waals surface area contributed by atoms with Crippen molar-refractivity contribution >= 4 is 16.7 Å². The Labute approximate surface area is 164 Å². The Morgan fingerprint density at radius 2 is 1.64 bits per heavy atom. The van der Waals surface area contributed by atoms with Crippen LogP contribution in [-0.2, 0) is 4.74 Å². The number of phenolic OH excluding ortho intramolecular Hbond substituents is 1. The number of ether oxygens (including phenoxy) is 1. The highest BCUT2D eigenvalue weighted by Crippen LogP contribution is 2.26. The van der Waals surface area contributed by atoms with Crippen molar-refractivity contribution in [1.29, 1.82) is 0 Å². The van der Waals surface area contributed by atoms with Gasteiger partial charge in [-0.3, -0.25) is 9.69 Å². The maximum absolute atomic E-state index is 12.8. The van der Waals surface area contributed by atoms with Crippen molar-refractivity contribution in [2.45, 2.75) is 6.04 Å². The molecule has 1 atom stereocenters. The molecule has 1 heterocycles. The number of morpholine rings is 1. The van der Waals surface area contributed by atoms with Crippen LogP contribution >= 0.6 is 0 Å². The van der Waals surface area contributed by atoms with E-state index in [9.17, 15) is 9.90 Å². The number of hydrogen-bond acceptors (Lipinski definition) is 4. The summed E-state index contributed by atoms with van der Waals surface area (Å²) in [5, 5.41) is 15.2. The van der Waals surface area contributed by atoms with Gasteiger partial charge in [-0.1, -0.05) is 54.6 Å². The quantitative estimate of drug-likeness (QED) is 0.717. The monoisotopic (exact) mass is 376 g/mol. The second-order valence-corrected chi connectivity index (χ2v) is 7.00. The summed E-state index contributed by atoms with van der Waals surface area (Å²) < 4.78 is 5.48. The van der Waals surface area contributed by atoms with Gasteiger partial charge in [0.2, 0.25) is 0 Å². The topological polar surface area (TPSA) is 61.8 Å². The van der Waals surface area contributed by atoms with E-state index in [1.165, 1.54) is 0 Å². The van der Waals surface area contributed by atoms with Gasteiger partial charge in [0, 0.05) is 19.6 Å². The summed E-state index contributed by atoms with van der Waals surface area (Å²) in [5.74, 6) is -0.267. The number of phenols is 1. The third-order valence-electron chi connectivity index (χ3n) is 5.24. The molecule has 0 aromatic heterocycles. The average molecular weight is 376 g/mol. The number of aromatic hydroxyl groups is 1. The van der Waals surface area contributed by atoms with Crippen LogP contribution in [0.4, 0.5) is 0 Å². The predicted octanol–water partition coefficient (Wildman–Crippen LogP) is 3.35. The summed E-state index contributed by atoms with van der Waals surface area (Å²) >= 11 is 0. The summed E-state index contributed by atoms with van der Waals surface area (Å²) in [5.41, 5.74) is 1.46. The molecule has 2 N–H and O–H groups in total. The molecule has 1 unspecified atom stereocenters. The van der Waals surface area contributed by atoms with E-state index in [4.69, 9.17) is 4.74 Å². The van der Waals surface area contributed by atoms with E-state index in [0.29, 0.717) is 25.3 Å². The Balaban J connectivity index is 1.53. The first-order valence-electron chi connectivity index (χ1n) is 9.59. The lowest BCUT2D eigenvalue weighted by atomic mass is 10.0. The SMILES string of the molecule is O=C(NCC(c1ccccc1)N1CCOCC1)c1cc2ccccc2cc1O. The van der Waals surface area contributed by atoms with Crippen molar-refractivity contribution < 1.29 is 14.6 Å². The van der Waals surface area contributed by atoms with E-state index in [1.54, 1.807) is 12.1 Å². The van der Waals surface area contributed by atoms with Crippen LogP contribution in [0.15, 0.2) is 66.7 Å². The van der Waals surface area contributed by atoms with Crippen LogP contribution in [0.2, 0.25) is 0 Å². The van der Waals surface area contributed by atoms with Gasteiger partial charge < -0.3 is 15.2 Å². The number of rotatable bonds is 5. The second kappa shape index (κ2) is 8.42. The average Bonchev–Trinajstić information content (AvgIpc) is 2.75. The molecule has 1 amide bonds. The van der Waals surface area contributed by atoms with Crippen LogP contribution in [-0.4, -0.2) is 48.8 Å². The molecule has 0 bridgehead atoms. The van der Waals surface area contributed by atoms with Crippen molar-refractivity contribution in [3.63, 3.8) is 0 Å². The molecule has 4 rings (SSSR count). The zero-order valence-corrected chi connectivity index (χ0v) is 15.7. The van der Waals surface area contributed by atoms with Gasteiger partial charge in [-0.15, -0.1) is 0 Å². The Bertz CT molecular complexity index is 952. The highest BCUT2D eigenvalue weighted by Gasteiger charge is 2.23. The standard InChI is InChI=1S/C23H24N2O3/c26-22-15-19-9-5-4-8-18(19)14-20(22)23(27)24-16-21(17-6-2-1-3-7-17)25-10-12-28-13-11-25/h1-9,14-15,21,26H,10-13,16H2,(H,24,27). The number of benzene rings is 3. The molecule has 0 radical (unpaired) electrons. The van der Waals surface area contributed by atoms with Gasteiger partial charge in [0.25, 0.3) is 5.91 Å². The Morgan fingerprint density at radius 3 is 2.36 bits per heavy atom. The maximum atomic E-state index is 12.8. The van der Waals surface area contributed by atoms with Gasteiger partial charge in [-0.25, -0.2) is 0 Å². The number of carbonyl (C=O) groups is 1. The molecule has 0 saturated carbocycles. The fraction of sp³-hybridized carbons (Fsp3) is 0.261. The summed E-state index contributed by atoms with van der Waals surface area (Å²) in [6, 6.07) is 21.3. The fourth-order valence-corrected chi connectivity index (χ4v) is 3.72. The van der Waals surface area contributed by atoms with Crippen LogP contribution in [0.1, 0.15) is 22.0 Å². The first kappa shape index (κ1) is 18.5. The normalized spacial score (nSPS) is 16.0. The molecule has 1 fully saturated rings. The Hall–Kier alpha value is -2.89. The minimum atomic E-state index is -0.266. The van der Waals surface area contributed by atoms with Crippen molar-refractivity contribution in [1.82, 2.24) is 10.2 Å². The lowest BCUT2D eigenvalue weighted by Gasteiger charge is -2.35. The third kappa shape index (κ3) is 4.01. The molecular weight excluding hydrogens is 352 g/mol. The number of nitrogens with zero attached hydrogens (tertiary/aromatic N) is 1. The van der Waals surface area contributed by atoms with Gasteiger partial charge in [-0.2, -0.15) is 0 Å². The molecule has 1 aliphatic heterocycles. The predicted molar refractivity (Wildman–Crippen MR) is 110 cm³/mol.